The fourth-order valence-corrected chi connectivity index (χ4v) is 3.14. The highest BCUT2D eigenvalue weighted by atomic mass is 16.1. The largest absolute Gasteiger partial charge is 0.367 e. The van der Waals surface area contributed by atoms with Crippen LogP contribution in [0.4, 0.5) is 11.6 Å². The first kappa shape index (κ1) is 17.1. The Hall–Kier alpha value is -2.70. The summed E-state index contributed by atoms with van der Waals surface area (Å²) in [7, 11) is 1.63. The third-order valence-corrected chi connectivity index (χ3v) is 4.39. The minimum absolute atomic E-state index is 0.125. The Kier molecular flexibility index (Phi) is 5.11. The number of amides is 1. The Balaban J connectivity index is 1.64. The molecule has 1 amide bonds. The molecule has 0 spiro atoms. The Labute approximate surface area is 147 Å². The minimum atomic E-state index is -0.125. The Morgan fingerprint density at radius 3 is 2.68 bits per heavy atom. The van der Waals surface area contributed by atoms with E-state index < -0.39 is 0 Å². The Morgan fingerprint density at radius 1 is 1.24 bits per heavy atom. The lowest BCUT2D eigenvalue weighted by molar-refractivity contribution is 0.0963. The molecule has 0 unspecified atom stereocenters. The van der Waals surface area contributed by atoms with E-state index in [0.29, 0.717) is 17.4 Å². The number of carbonyl (C=O) groups excluding carboxylic acids is 1. The van der Waals surface area contributed by atoms with E-state index in [0.717, 1.165) is 43.3 Å². The van der Waals surface area contributed by atoms with Crippen molar-refractivity contribution in [3.63, 3.8) is 0 Å². The van der Waals surface area contributed by atoms with Crippen molar-refractivity contribution in [3.8, 4) is 0 Å². The molecule has 0 atom stereocenters. The molecule has 0 radical (unpaired) electrons. The molecule has 2 aromatic heterocycles. The summed E-state index contributed by atoms with van der Waals surface area (Å²) in [6.07, 6.45) is 3.63. The van der Waals surface area contributed by atoms with Crippen LogP contribution in [0, 0.1) is 13.8 Å². The van der Waals surface area contributed by atoms with Gasteiger partial charge in [-0.25, -0.2) is 15.0 Å². The quantitative estimate of drug-likeness (QED) is 0.885. The molecule has 25 heavy (non-hydrogen) atoms. The van der Waals surface area contributed by atoms with E-state index in [9.17, 15) is 4.79 Å². The number of hydrogen-bond donors (Lipinski definition) is 2. The van der Waals surface area contributed by atoms with Crippen molar-refractivity contribution in [3.05, 3.63) is 41.5 Å². The molecule has 1 fully saturated rings. The summed E-state index contributed by atoms with van der Waals surface area (Å²) in [6, 6.07) is 5.88. The zero-order chi connectivity index (χ0) is 17.8. The molecule has 132 valence electrons. The van der Waals surface area contributed by atoms with Gasteiger partial charge in [0.2, 0.25) is 0 Å². The summed E-state index contributed by atoms with van der Waals surface area (Å²) < 4.78 is 0. The summed E-state index contributed by atoms with van der Waals surface area (Å²) in [5.74, 6) is 2.32. The van der Waals surface area contributed by atoms with Gasteiger partial charge in [-0.3, -0.25) is 4.79 Å². The average Bonchev–Trinajstić information content (AvgIpc) is 2.61. The van der Waals surface area contributed by atoms with Crippen LogP contribution in [0.1, 0.15) is 34.7 Å². The number of aryl methyl sites for hydroxylation is 2. The lowest BCUT2D eigenvalue weighted by atomic mass is 10.0. The Morgan fingerprint density at radius 2 is 2.00 bits per heavy atom. The van der Waals surface area contributed by atoms with Crippen LogP contribution < -0.4 is 15.5 Å². The van der Waals surface area contributed by atoms with Gasteiger partial charge in [0.1, 0.15) is 17.5 Å². The van der Waals surface area contributed by atoms with Crippen LogP contribution in [0.25, 0.3) is 0 Å². The van der Waals surface area contributed by atoms with Gasteiger partial charge in [-0.05, 0) is 38.8 Å². The summed E-state index contributed by atoms with van der Waals surface area (Å²) in [4.78, 5) is 27.5. The summed E-state index contributed by atoms with van der Waals surface area (Å²) in [5.41, 5.74) is 1.57. The van der Waals surface area contributed by atoms with E-state index >= 15 is 0 Å². The maximum atomic E-state index is 12.0. The van der Waals surface area contributed by atoms with E-state index in [4.69, 9.17) is 0 Å². The molecule has 2 aromatic rings. The highest BCUT2D eigenvalue weighted by molar-refractivity contribution is 5.98. The summed E-state index contributed by atoms with van der Waals surface area (Å²) in [6.45, 7) is 5.74. The number of piperidine rings is 1. The average molecular weight is 340 g/mol. The van der Waals surface area contributed by atoms with Crippen LogP contribution in [0.5, 0.6) is 0 Å². The van der Waals surface area contributed by atoms with Crippen molar-refractivity contribution in [2.24, 2.45) is 0 Å². The Bertz CT molecular complexity index is 735. The first-order valence-electron chi connectivity index (χ1n) is 8.57. The van der Waals surface area contributed by atoms with Gasteiger partial charge < -0.3 is 15.5 Å². The highest BCUT2D eigenvalue weighted by Gasteiger charge is 2.22. The maximum Gasteiger partial charge on any atom is 0.254 e. The van der Waals surface area contributed by atoms with Crippen LogP contribution >= 0.6 is 0 Å². The zero-order valence-corrected chi connectivity index (χ0v) is 14.9. The summed E-state index contributed by atoms with van der Waals surface area (Å²) >= 11 is 0. The van der Waals surface area contributed by atoms with Gasteiger partial charge >= 0.3 is 0 Å². The van der Waals surface area contributed by atoms with Gasteiger partial charge in [-0.1, -0.05) is 0 Å². The SMILES string of the molecule is CNC(=O)c1cccnc1NC1CCN(c2cc(C)nc(C)n2)CC1. The number of aromatic nitrogens is 3. The molecule has 1 aliphatic heterocycles. The van der Waals surface area contributed by atoms with Gasteiger partial charge in [0.15, 0.2) is 0 Å². The van der Waals surface area contributed by atoms with Crippen LogP contribution in [-0.4, -0.2) is 47.0 Å². The maximum absolute atomic E-state index is 12.0. The van der Waals surface area contributed by atoms with Crippen LogP contribution in [0.3, 0.4) is 0 Å². The molecule has 1 saturated heterocycles. The molecule has 7 heteroatoms. The van der Waals surface area contributed by atoms with E-state index in [1.54, 1.807) is 25.4 Å². The third kappa shape index (κ3) is 4.04. The molecule has 0 saturated carbocycles. The molecule has 7 nitrogen and oxygen atoms in total. The number of anilines is 2. The van der Waals surface area contributed by atoms with Crippen molar-refractivity contribution in [2.75, 3.05) is 30.4 Å². The zero-order valence-electron chi connectivity index (χ0n) is 14.9. The second-order valence-corrected chi connectivity index (χ2v) is 6.30. The first-order chi connectivity index (χ1) is 12.1. The molecule has 1 aliphatic rings. The molecular formula is C18H24N6O. The van der Waals surface area contributed by atoms with Gasteiger partial charge in [-0.2, -0.15) is 0 Å². The van der Waals surface area contributed by atoms with E-state index in [2.05, 4.69) is 30.5 Å². The van der Waals surface area contributed by atoms with Crippen molar-refractivity contribution in [2.45, 2.75) is 32.7 Å². The van der Waals surface area contributed by atoms with Gasteiger partial charge in [-0.15, -0.1) is 0 Å². The fourth-order valence-electron chi connectivity index (χ4n) is 3.14. The number of nitrogens with one attached hydrogen (secondary N) is 2. The normalized spacial score (nSPS) is 15.1. The molecule has 0 bridgehead atoms. The van der Waals surface area contributed by atoms with Crippen LogP contribution in [-0.2, 0) is 0 Å². The predicted octanol–water partition coefficient (Wildman–Crippen LogP) is 1.93. The van der Waals surface area contributed by atoms with Crippen molar-refractivity contribution < 1.29 is 4.79 Å². The van der Waals surface area contributed by atoms with Crippen molar-refractivity contribution in [1.29, 1.82) is 0 Å². The van der Waals surface area contributed by atoms with E-state index in [-0.39, 0.29) is 5.91 Å². The molecule has 0 aliphatic carbocycles. The summed E-state index contributed by atoms with van der Waals surface area (Å²) in [5, 5.41) is 6.08. The number of carbonyl (C=O) groups is 1. The molecule has 0 aromatic carbocycles. The number of pyridine rings is 1. The molecule has 2 N–H and O–H groups in total. The highest BCUT2D eigenvalue weighted by Crippen LogP contribution is 2.22. The predicted molar refractivity (Wildman–Crippen MR) is 98.0 cm³/mol. The smallest absolute Gasteiger partial charge is 0.254 e. The standard InChI is InChI=1S/C18H24N6O/c1-12-11-16(22-13(2)21-12)24-9-6-14(7-10-24)23-17-15(18(25)19-3)5-4-8-20-17/h4-5,8,11,14H,6-7,9-10H2,1-3H3,(H,19,25)(H,20,23). The number of hydrogen-bond acceptors (Lipinski definition) is 6. The van der Waals surface area contributed by atoms with E-state index in [1.165, 1.54) is 0 Å². The first-order valence-corrected chi connectivity index (χ1v) is 8.57. The van der Waals surface area contributed by atoms with E-state index in [1.807, 2.05) is 19.9 Å². The molecule has 3 heterocycles. The van der Waals surface area contributed by atoms with Crippen LogP contribution in [0.15, 0.2) is 24.4 Å². The second kappa shape index (κ2) is 7.46. The van der Waals surface area contributed by atoms with Crippen molar-refractivity contribution >= 4 is 17.5 Å². The molecule has 3 rings (SSSR count). The van der Waals surface area contributed by atoms with Crippen LogP contribution in [0.2, 0.25) is 0 Å². The monoisotopic (exact) mass is 340 g/mol. The lowest BCUT2D eigenvalue weighted by Crippen LogP contribution is -2.40. The number of nitrogens with zero attached hydrogens (tertiary/aromatic N) is 4. The fraction of sp³-hybridized carbons (Fsp3) is 0.444. The van der Waals surface area contributed by atoms with Crippen molar-refractivity contribution in [1.82, 2.24) is 20.3 Å². The van der Waals surface area contributed by atoms with Gasteiger partial charge in [0.05, 0.1) is 5.56 Å². The number of rotatable bonds is 4. The second-order valence-electron chi connectivity index (χ2n) is 6.30. The lowest BCUT2D eigenvalue weighted by Gasteiger charge is -2.33. The topological polar surface area (TPSA) is 83.0 Å². The van der Waals surface area contributed by atoms with Gasteiger partial charge in [0.25, 0.3) is 5.91 Å². The minimum Gasteiger partial charge on any atom is -0.367 e. The molecular weight excluding hydrogens is 316 g/mol. The third-order valence-electron chi connectivity index (χ3n) is 4.39. The van der Waals surface area contributed by atoms with Gasteiger partial charge in [0, 0.05) is 44.1 Å².